The molecule has 1 aromatic carbocycles. The summed E-state index contributed by atoms with van der Waals surface area (Å²) in [5, 5.41) is 8.73. The fourth-order valence-electron chi connectivity index (χ4n) is 2.52. The Morgan fingerprint density at radius 1 is 1.30 bits per heavy atom. The van der Waals surface area contributed by atoms with Crippen LogP contribution in [0.15, 0.2) is 18.2 Å². The van der Waals surface area contributed by atoms with Gasteiger partial charge in [0.05, 0.1) is 13.2 Å². The molecule has 1 saturated carbocycles. The molecule has 0 radical (unpaired) electrons. The van der Waals surface area contributed by atoms with E-state index >= 15 is 0 Å². The average molecular weight is 276 g/mol. The van der Waals surface area contributed by atoms with Crippen LogP contribution in [0.2, 0.25) is 0 Å². The van der Waals surface area contributed by atoms with Crippen LogP contribution in [0, 0.1) is 23.6 Å². The molecule has 1 N–H and O–H groups in total. The third-order valence-corrected chi connectivity index (χ3v) is 3.62. The first-order valence-electron chi connectivity index (χ1n) is 7.25. The summed E-state index contributed by atoms with van der Waals surface area (Å²) in [5.41, 5.74) is 1.57. The summed E-state index contributed by atoms with van der Waals surface area (Å²) in [6, 6.07) is 4.59. The van der Waals surface area contributed by atoms with Gasteiger partial charge in [-0.05, 0) is 36.5 Å². The van der Waals surface area contributed by atoms with Crippen molar-refractivity contribution in [1.29, 1.82) is 0 Å². The first kappa shape index (κ1) is 15.0. The number of hydrogen-bond acceptors (Lipinski definition) is 2. The molecule has 0 aromatic heterocycles. The van der Waals surface area contributed by atoms with Gasteiger partial charge in [-0.3, -0.25) is 0 Å². The van der Waals surface area contributed by atoms with E-state index in [9.17, 15) is 4.39 Å². The highest BCUT2D eigenvalue weighted by Gasteiger charge is 2.15. The normalized spacial score (nSPS) is 15.1. The van der Waals surface area contributed by atoms with Crippen LogP contribution >= 0.6 is 0 Å². The molecule has 0 heterocycles. The predicted molar refractivity (Wildman–Crippen MR) is 76.6 cm³/mol. The highest BCUT2D eigenvalue weighted by molar-refractivity contribution is 5.41. The maximum Gasteiger partial charge on any atom is 0.124 e. The maximum atomic E-state index is 13.3. The summed E-state index contributed by atoms with van der Waals surface area (Å²) in [4.78, 5) is 0. The van der Waals surface area contributed by atoms with Gasteiger partial charge in [0.15, 0.2) is 0 Å². The van der Waals surface area contributed by atoms with Crippen molar-refractivity contribution in [1.82, 2.24) is 0 Å². The summed E-state index contributed by atoms with van der Waals surface area (Å²) in [7, 11) is 0. The van der Waals surface area contributed by atoms with E-state index in [1.54, 1.807) is 6.07 Å². The minimum absolute atomic E-state index is 0.0236. The second-order valence-electron chi connectivity index (χ2n) is 5.24. The summed E-state index contributed by atoms with van der Waals surface area (Å²) in [6.45, 7) is 1.27. The van der Waals surface area contributed by atoms with Crippen molar-refractivity contribution in [2.45, 2.75) is 38.7 Å². The van der Waals surface area contributed by atoms with Gasteiger partial charge >= 0.3 is 0 Å². The first-order valence-corrected chi connectivity index (χ1v) is 7.25. The van der Waals surface area contributed by atoms with E-state index in [0.29, 0.717) is 24.5 Å². The van der Waals surface area contributed by atoms with E-state index in [4.69, 9.17) is 9.84 Å². The topological polar surface area (TPSA) is 29.5 Å². The van der Waals surface area contributed by atoms with Crippen molar-refractivity contribution in [3.63, 3.8) is 0 Å². The van der Waals surface area contributed by atoms with Gasteiger partial charge in [-0.1, -0.05) is 30.7 Å². The molecule has 1 aromatic rings. The summed E-state index contributed by atoms with van der Waals surface area (Å²) in [5.74, 6) is 6.12. The Kier molecular flexibility index (Phi) is 6.04. The standard InChI is InChI=1S/C17H21FO2/c18-17-9-8-16(15(11-17)7-3-4-10-19)13-20-12-14-5-1-2-6-14/h8-9,11,14,19H,1-2,4-6,10,12-13H2. The largest absolute Gasteiger partial charge is 0.395 e. The lowest BCUT2D eigenvalue weighted by molar-refractivity contribution is 0.0887. The smallest absolute Gasteiger partial charge is 0.124 e. The molecule has 0 aliphatic heterocycles. The van der Waals surface area contributed by atoms with Crippen LogP contribution in [0.25, 0.3) is 0 Å². The second kappa shape index (κ2) is 8.04. The average Bonchev–Trinajstić information content (AvgIpc) is 2.95. The minimum Gasteiger partial charge on any atom is -0.395 e. The molecule has 0 atom stereocenters. The molecule has 2 rings (SSSR count). The van der Waals surface area contributed by atoms with Gasteiger partial charge < -0.3 is 9.84 Å². The van der Waals surface area contributed by atoms with Crippen LogP contribution in [0.5, 0.6) is 0 Å². The maximum absolute atomic E-state index is 13.3. The van der Waals surface area contributed by atoms with Crippen LogP contribution in [0.4, 0.5) is 4.39 Å². The zero-order valence-corrected chi connectivity index (χ0v) is 11.7. The van der Waals surface area contributed by atoms with E-state index in [2.05, 4.69) is 11.8 Å². The van der Waals surface area contributed by atoms with Gasteiger partial charge in [0, 0.05) is 18.6 Å². The molecular formula is C17H21FO2. The molecule has 0 unspecified atom stereocenters. The van der Waals surface area contributed by atoms with Crippen molar-refractivity contribution in [2.75, 3.05) is 13.2 Å². The molecule has 108 valence electrons. The summed E-state index contributed by atoms with van der Waals surface area (Å²) in [6.07, 6.45) is 5.53. The third kappa shape index (κ3) is 4.63. The third-order valence-electron chi connectivity index (χ3n) is 3.62. The molecular weight excluding hydrogens is 255 g/mol. The highest BCUT2D eigenvalue weighted by atomic mass is 19.1. The number of benzene rings is 1. The van der Waals surface area contributed by atoms with Gasteiger partial charge in [-0.2, -0.15) is 0 Å². The predicted octanol–water partition coefficient (Wildman–Crippen LogP) is 3.27. The lowest BCUT2D eigenvalue weighted by Gasteiger charge is -2.11. The molecule has 3 heteroatoms. The van der Waals surface area contributed by atoms with Crippen LogP contribution in [-0.4, -0.2) is 18.3 Å². The fraction of sp³-hybridized carbons (Fsp3) is 0.529. The number of aliphatic hydroxyl groups is 1. The van der Waals surface area contributed by atoms with Gasteiger partial charge in [-0.25, -0.2) is 4.39 Å². The Balaban J connectivity index is 1.93. The van der Waals surface area contributed by atoms with E-state index in [-0.39, 0.29) is 12.4 Å². The Labute approximate surface area is 120 Å². The lowest BCUT2D eigenvalue weighted by atomic mass is 10.1. The molecule has 1 aliphatic rings. The monoisotopic (exact) mass is 276 g/mol. The van der Waals surface area contributed by atoms with Gasteiger partial charge in [-0.15, -0.1) is 0 Å². The zero-order chi connectivity index (χ0) is 14.2. The Hall–Kier alpha value is -1.37. The zero-order valence-electron chi connectivity index (χ0n) is 11.7. The molecule has 0 bridgehead atoms. The Bertz CT molecular complexity index is 481. The van der Waals surface area contributed by atoms with Crippen LogP contribution in [0.1, 0.15) is 43.2 Å². The van der Waals surface area contributed by atoms with E-state index in [1.165, 1.54) is 37.8 Å². The van der Waals surface area contributed by atoms with Gasteiger partial charge in [0.2, 0.25) is 0 Å². The van der Waals surface area contributed by atoms with Crippen molar-refractivity contribution in [2.24, 2.45) is 5.92 Å². The number of rotatable bonds is 5. The van der Waals surface area contributed by atoms with Crippen LogP contribution in [0.3, 0.4) is 0 Å². The second-order valence-corrected chi connectivity index (χ2v) is 5.24. The molecule has 0 amide bonds. The quantitative estimate of drug-likeness (QED) is 0.836. The summed E-state index contributed by atoms with van der Waals surface area (Å²) >= 11 is 0. The lowest BCUT2D eigenvalue weighted by Crippen LogP contribution is -2.06. The first-order chi connectivity index (χ1) is 9.79. The van der Waals surface area contributed by atoms with E-state index in [1.807, 2.05) is 0 Å². The number of hydrogen-bond donors (Lipinski definition) is 1. The SMILES string of the molecule is OCCC#Cc1cc(F)ccc1COCC1CCCC1. The van der Waals surface area contributed by atoms with Crippen LogP contribution in [-0.2, 0) is 11.3 Å². The molecule has 2 nitrogen and oxygen atoms in total. The summed E-state index contributed by atoms with van der Waals surface area (Å²) < 4.78 is 19.0. The molecule has 1 aliphatic carbocycles. The van der Waals surface area contributed by atoms with Crippen molar-refractivity contribution < 1.29 is 14.2 Å². The highest BCUT2D eigenvalue weighted by Crippen LogP contribution is 2.25. The van der Waals surface area contributed by atoms with Gasteiger partial charge in [0.1, 0.15) is 5.82 Å². The minimum atomic E-state index is -0.294. The van der Waals surface area contributed by atoms with Gasteiger partial charge in [0.25, 0.3) is 0 Å². The molecule has 20 heavy (non-hydrogen) atoms. The van der Waals surface area contributed by atoms with Crippen molar-refractivity contribution in [3.05, 3.63) is 35.1 Å². The van der Waals surface area contributed by atoms with E-state index in [0.717, 1.165) is 12.2 Å². The van der Waals surface area contributed by atoms with Crippen molar-refractivity contribution in [3.8, 4) is 11.8 Å². The molecule has 1 fully saturated rings. The van der Waals surface area contributed by atoms with Crippen molar-refractivity contribution >= 4 is 0 Å². The number of aliphatic hydroxyl groups excluding tert-OH is 1. The molecule has 0 saturated heterocycles. The number of ether oxygens (including phenoxy) is 1. The Morgan fingerprint density at radius 3 is 2.85 bits per heavy atom. The van der Waals surface area contributed by atoms with E-state index < -0.39 is 0 Å². The fourth-order valence-corrected chi connectivity index (χ4v) is 2.52. The molecule has 0 spiro atoms. The Morgan fingerprint density at radius 2 is 2.10 bits per heavy atom. The van der Waals surface area contributed by atoms with Crippen LogP contribution < -0.4 is 0 Å². The number of halogens is 1.